The van der Waals surface area contributed by atoms with Crippen LogP contribution < -0.4 is 14.4 Å². The van der Waals surface area contributed by atoms with Gasteiger partial charge in [-0.05, 0) is 73.2 Å². The minimum Gasteiger partial charge on any atom is -0.507 e. The monoisotopic (exact) mass is 447 g/mol. The molecule has 33 heavy (non-hydrogen) atoms. The minimum atomic E-state index is -0.939. The number of benzene rings is 3. The molecule has 168 valence electrons. The van der Waals surface area contributed by atoms with Gasteiger partial charge < -0.3 is 14.6 Å². The molecule has 3 aromatic rings. The summed E-state index contributed by atoms with van der Waals surface area (Å²) in [6.07, 6.45) is 0. The molecule has 6 nitrogen and oxygen atoms in total. The summed E-state index contributed by atoms with van der Waals surface area (Å²) >= 11 is 0. The van der Waals surface area contributed by atoms with Crippen molar-refractivity contribution in [2.24, 2.45) is 0 Å². The van der Waals surface area contributed by atoms with Crippen LogP contribution in [-0.2, 0) is 9.59 Å². The van der Waals surface area contributed by atoms with E-state index >= 15 is 0 Å². The molecule has 7 heteroatoms. The van der Waals surface area contributed by atoms with Gasteiger partial charge in [0.15, 0.2) is 0 Å². The average molecular weight is 447 g/mol. The number of aliphatic hydroxyl groups excluding tert-OH is 1. The minimum absolute atomic E-state index is 0.0772. The van der Waals surface area contributed by atoms with Crippen LogP contribution in [0, 0.1) is 5.82 Å². The second-order valence-electron chi connectivity index (χ2n) is 7.38. The summed E-state index contributed by atoms with van der Waals surface area (Å²) in [5.41, 5.74) is 1.21. The first-order chi connectivity index (χ1) is 15.9. The van der Waals surface area contributed by atoms with E-state index in [1.807, 2.05) is 6.92 Å². The third-order valence-corrected chi connectivity index (χ3v) is 5.42. The molecule has 0 aromatic heterocycles. The SMILES string of the molecule is CCOc1ccc(/C(O)=C2\C(=O)C(=O)N(c3ccc(OC)cc3)C2c2ccc(F)cc2)cc1. The van der Waals surface area contributed by atoms with Gasteiger partial charge in [-0.2, -0.15) is 0 Å². The molecule has 1 heterocycles. The lowest BCUT2D eigenvalue weighted by Crippen LogP contribution is -2.29. The number of rotatable bonds is 6. The molecular formula is C26H22FNO5. The van der Waals surface area contributed by atoms with Gasteiger partial charge in [0.05, 0.1) is 25.3 Å². The molecule has 1 amide bonds. The largest absolute Gasteiger partial charge is 0.507 e. The van der Waals surface area contributed by atoms with E-state index in [0.29, 0.717) is 34.9 Å². The first-order valence-corrected chi connectivity index (χ1v) is 10.4. The highest BCUT2D eigenvalue weighted by Gasteiger charge is 2.47. The number of methoxy groups -OCH3 is 1. The van der Waals surface area contributed by atoms with Crippen LogP contribution in [0.25, 0.3) is 5.76 Å². The van der Waals surface area contributed by atoms with E-state index in [4.69, 9.17) is 9.47 Å². The third kappa shape index (κ3) is 4.17. The highest BCUT2D eigenvalue weighted by Crippen LogP contribution is 2.42. The molecular weight excluding hydrogens is 425 g/mol. The number of hydrogen-bond donors (Lipinski definition) is 1. The molecule has 1 atom stereocenters. The molecule has 0 aliphatic carbocycles. The van der Waals surface area contributed by atoms with Crippen molar-refractivity contribution >= 4 is 23.1 Å². The Kier molecular flexibility index (Phi) is 6.13. The molecule has 1 saturated heterocycles. The lowest BCUT2D eigenvalue weighted by atomic mass is 9.95. The molecule has 1 unspecified atom stereocenters. The van der Waals surface area contributed by atoms with Gasteiger partial charge in [0.2, 0.25) is 0 Å². The van der Waals surface area contributed by atoms with Crippen LogP contribution in [0.1, 0.15) is 24.1 Å². The molecule has 3 aromatic carbocycles. The fraction of sp³-hybridized carbons (Fsp3) is 0.154. The topological polar surface area (TPSA) is 76.1 Å². The number of nitrogens with zero attached hydrogens (tertiary/aromatic N) is 1. The summed E-state index contributed by atoms with van der Waals surface area (Å²) in [5, 5.41) is 11.1. The molecule has 1 aliphatic rings. The van der Waals surface area contributed by atoms with E-state index in [9.17, 15) is 19.1 Å². The summed E-state index contributed by atoms with van der Waals surface area (Å²) in [6, 6.07) is 17.8. The van der Waals surface area contributed by atoms with Crippen molar-refractivity contribution in [2.75, 3.05) is 18.6 Å². The van der Waals surface area contributed by atoms with Crippen molar-refractivity contribution < 1.29 is 28.6 Å². The average Bonchev–Trinajstić information content (AvgIpc) is 3.10. The lowest BCUT2D eigenvalue weighted by Gasteiger charge is -2.25. The van der Waals surface area contributed by atoms with E-state index in [1.165, 1.54) is 36.3 Å². The van der Waals surface area contributed by atoms with Gasteiger partial charge in [-0.15, -0.1) is 0 Å². The third-order valence-electron chi connectivity index (χ3n) is 5.42. The predicted octanol–water partition coefficient (Wildman–Crippen LogP) is 4.86. The Morgan fingerprint density at radius 3 is 2.12 bits per heavy atom. The summed E-state index contributed by atoms with van der Waals surface area (Å²) in [4.78, 5) is 27.5. The number of ether oxygens (including phenoxy) is 2. The van der Waals surface area contributed by atoms with Crippen LogP contribution >= 0.6 is 0 Å². The fourth-order valence-electron chi connectivity index (χ4n) is 3.83. The molecule has 1 fully saturated rings. The highest BCUT2D eigenvalue weighted by molar-refractivity contribution is 6.51. The maximum absolute atomic E-state index is 13.6. The van der Waals surface area contributed by atoms with Crippen molar-refractivity contribution in [3.63, 3.8) is 0 Å². The van der Waals surface area contributed by atoms with Gasteiger partial charge in [0.25, 0.3) is 11.7 Å². The second kappa shape index (κ2) is 9.16. The zero-order valence-electron chi connectivity index (χ0n) is 18.1. The summed E-state index contributed by atoms with van der Waals surface area (Å²) in [7, 11) is 1.52. The van der Waals surface area contributed by atoms with Gasteiger partial charge >= 0.3 is 0 Å². The van der Waals surface area contributed by atoms with Crippen LogP contribution in [0.15, 0.2) is 78.4 Å². The van der Waals surface area contributed by atoms with E-state index in [-0.39, 0.29) is 11.3 Å². The van der Waals surface area contributed by atoms with Crippen LogP contribution in [0.5, 0.6) is 11.5 Å². The van der Waals surface area contributed by atoms with Crippen LogP contribution in [0.4, 0.5) is 10.1 Å². The van der Waals surface area contributed by atoms with Gasteiger partial charge in [-0.1, -0.05) is 12.1 Å². The van der Waals surface area contributed by atoms with E-state index in [1.54, 1.807) is 48.5 Å². The number of amides is 1. The lowest BCUT2D eigenvalue weighted by molar-refractivity contribution is -0.132. The van der Waals surface area contributed by atoms with Gasteiger partial charge in [-0.25, -0.2) is 4.39 Å². The van der Waals surface area contributed by atoms with Crippen molar-refractivity contribution in [1.82, 2.24) is 0 Å². The van der Waals surface area contributed by atoms with Crippen molar-refractivity contribution in [3.8, 4) is 11.5 Å². The first-order valence-electron chi connectivity index (χ1n) is 10.4. The maximum atomic E-state index is 13.6. The van der Waals surface area contributed by atoms with Crippen molar-refractivity contribution in [3.05, 3.63) is 95.3 Å². The Hall–Kier alpha value is -4.13. The number of carbonyl (C=O) groups excluding carboxylic acids is 2. The quantitative estimate of drug-likeness (QED) is 0.332. The normalized spacial score (nSPS) is 17.3. The Balaban J connectivity index is 1.86. The Labute approximate surface area is 190 Å². The second-order valence-corrected chi connectivity index (χ2v) is 7.38. The number of carbonyl (C=O) groups is 2. The fourth-order valence-corrected chi connectivity index (χ4v) is 3.83. The van der Waals surface area contributed by atoms with E-state index < -0.39 is 23.5 Å². The zero-order chi connectivity index (χ0) is 23.5. The summed E-state index contributed by atoms with van der Waals surface area (Å²) in [5.74, 6) is -1.19. The van der Waals surface area contributed by atoms with E-state index in [0.717, 1.165) is 0 Å². The van der Waals surface area contributed by atoms with Crippen LogP contribution in [-0.4, -0.2) is 30.5 Å². The molecule has 4 rings (SSSR count). The number of Topliss-reactive ketones (excluding diaryl/α,β-unsaturated/α-hetero) is 1. The number of halogens is 1. The smallest absolute Gasteiger partial charge is 0.300 e. The summed E-state index contributed by atoms with van der Waals surface area (Å²) in [6.45, 7) is 2.35. The van der Waals surface area contributed by atoms with Gasteiger partial charge in [0, 0.05) is 11.3 Å². The Morgan fingerprint density at radius 2 is 1.55 bits per heavy atom. The number of ketones is 1. The molecule has 1 N–H and O–H groups in total. The molecule has 0 bridgehead atoms. The van der Waals surface area contributed by atoms with Crippen LogP contribution in [0.3, 0.4) is 0 Å². The highest BCUT2D eigenvalue weighted by atomic mass is 19.1. The predicted molar refractivity (Wildman–Crippen MR) is 122 cm³/mol. The molecule has 0 radical (unpaired) electrons. The van der Waals surface area contributed by atoms with Crippen molar-refractivity contribution in [1.29, 1.82) is 0 Å². The van der Waals surface area contributed by atoms with Crippen molar-refractivity contribution in [2.45, 2.75) is 13.0 Å². The number of hydrogen-bond acceptors (Lipinski definition) is 5. The van der Waals surface area contributed by atoms with Crippen LogP contribution in [0.2, 0.25) is 0 Å². The Bertz CT molecular complexity index is 1200. The number of aliphatic hydroxyl groups is 1. The first kappa shape index (κ1) is 22.1. The Morgan fingerprint density at radius 1 is 0.939 bits per heavy atom. The number of anilines is 1. The summed E-state index contributed by atoms with van der Waals surface area (Å²) < 4.78 is 24.2. The molecule has 0 spiro atoms. The van der Waals surface area contributed by atoms with Gasteiger partial charge in [0.1, 0.15) is 23.1 Å². The maximum Gasteiger partial charge on any atom is 0.300 e. The molecule has 1 aliphatic heterocycles. The van der Waals surface area contributed by atoms with Gasteiger partial charge in [-0.3, -0.25) is 14.5 Å². The standard InChI is InChI=1S/C26H22FNO5/c1-3-33-21-12-6-17(7-13-21)24(29)22-23(16-4-8-18(27)9-5-16)28(26(31)25(22)30)19-10-14-20(32-2)15-11-19/h4-15,23,29H,3H2,1-2H3/b24-22+. The zero-order valence-corrected chi connectivity index (χ0v) is 18.1. The molecule has 0 saturated carbocycles. The van der Waals surface area contributed by atoms with E-state index in [2.05, 4.69) is 0 Å².